The molecule has 0 aliphatic carbocycles. The molecular weight excluding hydrogens is 353 g/mol. The van der Waals surface area contributed by atoms with Crippen LogP contribution in [0.25, 0.3) is 11.4 Å². The minimum Gasteiger partial charge on any atom is -0.481 e. The van der Waals surface area contributed by atoms with Gasteiger partial charge in [0.15, 0.2) is 11.9 Å². The summed E-state index contributed by atoms with van der Waals surface area (Å²) >= 11 is 1.06. The highest BCUT2D eigenvalue weighted by Crippen LogP contribution is 2.22. The number of carbonyl (C=O) groups is 1. The van der Waals surface area contributed by atoms with E-state index in [0.29, 0.717) is 22.3 Å². The van der Waals surface area contributed by atoms with Crippen molar-refractivity contribution in [2.75, 3.05) is 5.32 Å². The molecule has 7 heteroatoms. The maximum atomic E-state index is 13.0. The van der Waals surface area contributed by atoms with Crippen LogP contribution in [0.4, 0.5) is 9.52 Å². The monoisotopic (exact) mass is 371 g/mol. The second kappa shape index (κ2) is 7.61. The van der Waals surface area contributed by atoms with Crippen LogP contribution in [0.1, 0.15) is 18.1 Å². The summed E-state index contributed by atoms with van der Waals surface area (Å²) in [5, 5.41) is 3.06. The summed E-state index contributed by atoms with van der Waals surface area (Å²) in [6.07, 6.45) is -0.685. The minimum atomic E-state index is -0.685. The van der Waals surface area contributed by atoms with E-state index in [1.54, 1.807) is 19.1 Å². The first-order valence-electron chi connectivity index (χ1n) is 8.07. The number of benzene rings is 2. The number of nitrogens with one attached hydrogen (secondary N) is 1. The van der Waals surface area contributed by atoms with Crippen molar-refractivity contribution in [1.29, 1.82) is 0 Å². The number of ether oxygens (including phenoxy) is 1. The lowest BCUT2D eigenvalue weighted by atomic mass is 10.1. The summed E-state index contributed by atoms with van der Waals surface area (Å²) in [4.78, 5) is 16.6. The highest BCUT2D eigenvalue weighted by molar-refractivity contribution is 7.10. The van der Waals surface area contributed by atoms with Crippen LogP contribution in [-0.2, 0) is 4.79 Å². The number of halogens is 1. The van der Waals surface area contributed by atoms with Gasteiger partial charge in [0, 0.05) is 17.1 Å². The third kappa shape index (κ3) is 4.23. The van der Waals surface area contributed by atoms with Gasteiger partial charge in [0.25, 0.3) is 5.91 Å². The Labute approximate surface area is 155 Å². The van der Waals surface area contributed by atoms with E-state index in [1.165, 1.54) is 12.1 Å². The van der Waals surface area contributed by atoms with Gasteiger partial charge in [-0.2, -0.15) is 9.36 Å². The van der Waals surface area contributed by atoms with Crippen molar-refractivity contribution in [2.45, 2.75) is 26.9 Å². The molecular formula is C19H18FN3O2S. The second-order valence-electron chi connectivity index (χ2n) is 5.93. The summed E-state index contributed by atoms with van der Waals surface area (Å²) in [5.74, 6) is 0.438. The average Bonchev–Trinajstić information content (AvgIpc) is 3.07. The number of aromatic nitrogens is 2. The molecule has 5 nitrogen and oxygen atoms in total. The maximum absolute atomic E-state index is 13.0. The predicted molar refractivity (Wildman–Crippen MR) is 99.9 cm³/mol. The molecule has 0 unspecified atom stereocenters. The SMILES string of the molecule is Cc1ccc(O[C@@H](C)C(=O)Nc2nc(-c3ccc(F)cc3)ns2)cc1C. The van der Waals surface area contributed by atoms with Crippen molar-refractivity contribution in [3.05, 3.63) is 59.4 Å². The fraction of sp³-hybridized carbons (Fsp3) is 0.211. The van der Waals surface area contributed by atoms with E-state index in [2.05, 4.69) is 14.7 Å². The van der Waals surface area contributed by atoms with E-state index in [-0.39, 0.29) is 11.7 Å². The molecule has 0 saturated heterocycles. The van der Waals surface area contributed by atoms with Gasteiger partial charge in [-0.15, -0.1) is 0 Å². The Kier molecular flexibility index (Phi) is 5.27. The van der Waals surface area contributed by atoms with Crippen LogP contribution >= 0.6 is 11.5 Å². The number of carbonyl (C=O) groups excluding carboxylic acids is 1. The van der Waals surface area contributed by atoms with Crippen LogP contribution in [0, 0.1) is 19.7 Å². The number of amides is 1. The zero-order valence-corrected chi connectivity index (χ0v) is 15.4. The molecule has 0 aliphatic heterocycles. The van der Waals surface area contributed by atoms with Gasteiger partial charge in [-0.1, -0.05) is 6.07 Å². The van der Waals surface area contributed by atoms with Crippen molar-refractivity contribution >= 4 is 22.6 Å². The number of aryl methyl sites for hydroxylation is 2. The summed E-state index contributed by atoms with van der Waals surface area (Å²) in [7, 11) is 0. The Morgan fingerprint density at radius 2 is 1.88 bits per heavy atom. The topological polar surface area (TPSA) is 64.1 Å². The molecule has 1 aromatic heterocycles. The normalized spacial score (nSPS) is 11.8. The fourth-order valence-electron chi connectivity index (χ4n) is 2.24. The lowest BCUT2D eigenvalue weighted by Crippen LogP contribution is -2.30. The largest absolute Gasteiger partial charge is 0.481 e. The highest BCUT2D eigenvalue weighted by atomic mass is 32.1. The Hall–Kier alpha value is -2.80. The second-order valence-corrected chi connectivity index (χ2v) is 6.68. The molecule has 0 aliphatic rings. The van der Waals surface area contributed by atoms with Gasteiger partial charge >= 0.3 is 0 Å². The Balaban J connectivity index is 1.64. The van der Waals surface area contributed by atoms with Crippen LogP contribution in [-0.4, -0.2) is 21.4 Å². The van der Waals surface area contributed by atoms with Gasteiger partial charge in [0.1, 0.15) is 11.6 Å². The van der Waals surface area contributed by atoms with E-state index in [9.17, 15) is 9.18 Å². The van der Waals surface area contributed by atoms with Gasteiger partial charge in [-0.05, 0) is 68.3 Å². The van der Waals surface area contributed by atoms with E-state index < -0.39 is 6.10 Å². The molecule has 0 saturated carbocycles. The third-order valence-corrected chi connectivity index (χ3v) is 4.55. The van der Waals surface area contributed by atoms with E-state index in [1.807, 2.05) is 32.0 Å². The molecule has 1 atom stereocenters. The summed E-state index contributed by atoms with van der Waals surface area (Å²) in [6.45, 7) is 5.68. The predicted octanol–water partition coefficient (Wildman–Crippen LogP) is 4.37. The molecule has 1 heterocycles. The molecule has 0 spiro atoms. The smallest absolute Gasteiger partial charge is 0.266 e. The van der Waals surface area contributed by atoms with Gasteiger partial charge in [-0.25, -0.2) is 4.39 Å². The molecule has 1 N–H and O–H groups in total. The molecule has 2 aromatic carbocycles. The molecule has 3 aromatic rings. The Bertz CT molecular complexity index is 925. The zero-order chi connectivity index (χ0) is 18.7. The fourth-order valence-corrected chi connectivity index (χ4v) is 2.84. The minimum absolute atomic E-state index is 0.315. The van der Waals surface area contributed by atoms with E-state index in [0.717, 1.165) is 22.7 Å². The first-order valence-corrected chi connectivity index (χ1v) is 8.84. The Morgan fingerprint density at radius 3 is 2.58 bits per heavy atom. The first-order chi connectivity index (χ1) is 12.4. The quantitative estimate of drug-likeness (QED) is 0.723. The maximum Gasteiger partial charge on any atom is 0.266 e. The summed E-state index contributed by atoms with van der Waals surface area (Å²) < 4.78 is 22.9. The number of nitrogens with zero attached hydrogens (tertiary/aromatic N) is 2. The van der Waals surface area contributed by atoms with Gasteiger partial charge < -0.3 is 4.74 Å². The number of hydrogen-bond donors (Lipinski definition) is 1. The van der Waals surface area contributed by atoms with Crippen molar-refractivity contribution in [3.8, 4) is 17.1 Å². The van der Waals surface area contributed by atoms with Crippen LogP contribution in [0.5, 0.6) is 5.75 Å². The van der Waals surface area contributed by atoms with Crippen molar-refractivity contribution in [2.24, 2.45) is 0 Å². The third-order valence-electron chi connectivity index (χ3n) is 3.92. The van der Waals surface area contributed by atoms with Crippen molar-refractivity contribution in [3.63, 3.8) is 0 Å². The molecule has 26 heavy (non-hydrogen) atoms. The molecule has 0 bridgehead atoms. The summed E-state index contributed by atoms with van der Waals surface area (Å²) in [6, 6.07) is 11.6. The standard InChI is InChI=1S/C19H18FN3O2S/c1-11-4-9-16(10-12(11)2)25-13(3)18(24)22-19-21-17(23-26-19)14-5-7-15(20)8-6-14/h4-10,13H,1-3H3,(H,21,22,23,24)/t13-/m0/s1. The van der Waals surface area contributed by atoms with E-state index in [4.69, 9.17) is 4.74 Å². The van der Waals surface area contributed by atoms with Crippen molar-refractivity contribution in [1.82, 2.24) is 9.36 Å². The summed E-state index contributed by atoms with van der Waals surface area (Å²) in [5.41, 5.74) is 2.95. The molecule has 134 valence electrons. The van der Waals surface area contributed by atoms with E-state index >= 15 is 0 Å². The van der Waals surface area contributed by atoms with Gasteiger partial charge in [-0.3, -0.25) is 10.1 Å². The van der Waals surface area contributed by atoms with Crippen molar-refractivity contribution < 1.29 is 13.9 Å². The highest BCUT2D eigenvalue weighted by Gasteiger charge is 2.17. The molecule has 1 amide bonds. The molecule has 0 fully saturated rings. The lowest BCUT2D eigenvalue weighted by Gasteiger charge is -2.14. The number of rotatable bonds is 5. The number of anilines is 1. The first kappa shape index (κ1) is 18.0. The van der Waals surface area contributed by atoms with Gasteiger partial charge in [0.2, 0.25) is 5.13 Å². The molecule has 3 rings (SSSR count). The number of hydrogen-bond acceptors (Lipinski definition) is 5. The van der Waals surface area contributed by atoms with Crippen LogP contribution in [0.15, 0.2) is 42.5 Å². The lowest BCUT2D eigenvalue weighted by molar-refractivity contribution is -0.122. The Morgan fingerprint density at radius 1 is 1.15 bits per heavy atom. The molecule has 0 radical (unpaired) electrons. The van der Waals surface area contributed by atoms with Gasteiger partial charge in [0.05, 0.1) is 0 Å². The van der Waals surface area contributed by atoms with Crippen LogP contribution in [0.3, 0.4) is 0 Å². The average molecular weight is 371 g/mol. The van der Waals surface area contributed by atoms with Crippen LogP contribution in [0.2, 0.25) is 0 Å². The zero-order valence-electron chi connectivity index (χ0n) is 14.6. The van der Waals surface area contributed by atoms with Crippen LogP contribution < -0.4 is 10.1 Å².